The van der Waals surface area contributed by atoms with Gasteiger partial charge in [-0.1, -0.05) is 0 Å². The van der Waals surface area contributed by atoms with Gasteiger partial charge in [-0.2, -0.15) is 4.98 Å². The molecule has 7 heteroatoms. The Kier molecular flexibility index (Phi) is 1.86. The molecule has 0 aliphatic carbocycles. The molecule has 0 aromatic carbocycles. The molecular formula is C8H6N4O3. The number of rotatable bonds is 1. The molecule has 0 fully saturated rings. The van der Waals surface area contributed by atoms with Crippen LogP contribution in [0.5, 0.6) is 0 Å². The summed E-state index contributed by atoms with van der Waals surface area (Å²) in [7, 11) is 0. The van der Waals surface area contributed by atoms with E-state index in [-0.39, 0.29) is 22.5 Å². The van der Waals surface area contributed by atoms with Gasteiger partial charge in [0.2, 0.25) is 11.4 Å². The number of hydrogen-bond donors (Lipinski definition) is 3. The van der Waals surface area contributed by atoms with Crippen LogP contribution in [0.1, 0.15) is 10.4 Å². The van der Waals surface area contributed by atoms with Crippen molar-refractivity contribution in [1.82, 2.24) is 15.0 Å². The van der Waals surface area contributed by atoms with Crippen LogP contribution in [0, 0.1) is 0 Å². The molecule has 0 spiro atoms. The Hall–Kier alpha value is -2.44. The first-order valence-corrected chi connectivity index (χ1v) is 3.97. The van der Waals surface area contributed by atoms with Gasteiger partial charge in [-0.3, -0.25) is 4.79 Å². The summed E-state index contributed by atoms with van der Waals surface area (Å²) in [6.07, 6.45) is 2.28. The van der Waals surface area contributed by atoms with E-state index in [0.717, 1.165) is 6.20 Å². The number of nitrogen functional groups attached to an aromatic ring is 1. The summed E-state index contributed by atoms with van der Waals surface area (Å²) < 4.78 is 0. The van der Waals surface area contributed by atoms with Crippen molar-refractivity contribution in [3.63, 3.8) is 0 Å². The van der Waals surface area contributed by atoms with Gasteiger partial charge < -0.3 is 15.8 Å². The molecule has 0 bridgehead atoms. The molecule has 2 heterocycles. The van der Waals surface area contributed by atoms with Gasteiger partial charge in [0.25, 0.3) is 0 Å². The molecule has 2 aromatic heterocycles. The minimum absolute atomic E-state index is 0.0150. The number of nitrogens with zero attached hydrogens (tertiary/aromatic N) is 2. The fraction of sp³-hybridized carbons (Fsp3) is 0. The number of H-pyrrole nitrogens is 1. The number of aromatic carboxylic acids is 1. The van der Waals surface area contributed by atoms with Crippen molar-refractivity contribution >= 4 is 23.0 Å². The maximum atomic E-state index is 11.6. The molecule has 76 valence electrons. The second-order valence-electron chi connectivity index (χ2n) is 2.83. The van der Waals surface area contributed by atoms with Gasteiger partial charge in [0, 0.05) is 12.4 Å². The molecular weight excluding hydrogens is 200 g/mol. The van der Waals surface area contributed by atoms with Crippen LogP contribution in [0.15, 0.2) is 17.2 Å². The third kappa shape index (κ3) is 1.39. The van der Waals surface area contributed by atoms with Crippen LogP contribution in [0.2, 0.25) is 0 Å². The minimum Gasteiger partial charge on any atom is -0.477 e. The fourth-order valence-corrected chi connectivity index (χ4v) is 1.18. The Bertz CT molecular complexity index is 604. The quantitative estimate of drug-likeness (QED) is 0.583. The van der Waals surface area contributed by atoms with E-state index in [1.54, 1.807) is 0 Å². The predicted molar refractivity (Wildman–Crippen MR) is 51.5 cm³/mol. The Morgan fingerprint density at radius 3 is 2.93 bits per heavy atom. The first kappa shape index (κ1) is 9.13. The zero-order valence-corrected chi connectivity index (χ0v) is 7.39. The lowest BCUT2D eigenvalue weighted by atomic mass is 10.2. The first-order chi connectivity index (χ1) is 7.09. The molecule has 0 saturated carbocycles. The van der Waals surface area contributed by atoms with E-state index in [1.165, 1.54) is 6.20 Å². The van der Waals surface area contributed by atoms with E-state index >= 15 is 0 Å². The van der Waals surface area contributed by atoms with Crippen molar-refractivity contribution in [1.29, 1.82) is 0 Å². The number of carbonyl (C=O) groups is 1. The number of hydrogen-bond acceptors (Lipinski definition) is 5. The number of aromatic nitrogens is 3. The van der Waals surface area contributed by atoms with Crippen LogP contribution in [0.3, 0.4) is 0 Å². The number of nitrogens with two attached hydrogens (primary N) is 1. The molecule has 2 rings (SSSR count). The lowest BCUT2D eigenvalue weighted by Gasteiger charge is -1.98. The summed E-state index contributed by atoms with van der Waals surface area (Å²) in [5.41, 5.74) is 4.55. The van der Waals surface area contributed by atoms with Crippen LogP contribution in [0.25, 0.3) is 11.0 Å². The van der Waals surface area contributed by atoms with Crippen LogP contribution in [-0.2, 0) is 0 Å². The summed E-state index contributed by atoms with van der Waals surface area (Å²) in [4.78, 5) is 32.2. The molecule has 2 aromatic rings. The highest BCUT2D eigenvalue weighted by Gasteiger charge is 2.12. The van der Waals surface area contributed by atoms with Crippen LogP contribution in [-0.4, -0.2) is 26.0 Å². The van der Waals surface area contributed by atoms with E-state index in [4.69, 9.17) is 10.8 Å². The molecule has 0 radical (unpaired) electrons. The molecule has 0 amide bonds. The average Bonchev–Trinajstić information content (AvgIpc) is 2.17. The monoisotopic (exact) mass is 206 g/mol. The molecule has 15 heavy (non-hydrogen) atoms. The lowest BCUT2D eigenvalue weighted by molar-refractivity contribution is 0.0695. The third-order valence-electron chi connectivity index (χ3n) is 1.88. The number of nitrogens with one attached hydrogen (secondary N) is 1. The highest BCUT2D eigenvalue weighted by molar-refractivity contribution is 5.91. The largest absolute Gasteiger partial charge is 0.477 e. The zero-order valence-electron chi connectivity index (χ0n) is 7.39. The van der Waals surface area contributed by atoms with Gasteiger partial charge in [0.1, 0.15) is 11.2 Å². The van der Waals surface area contributed by atoms with E-state index in [9.17, 15) is 9.59 Å². The van der Waals surface area contributed by atoms with Gasteiger partial charge in [-0.15, -0.1) is 0 Å². The average molecular weight is 206 g/mol. The Labute approximate surface area is 82.6 Å². The second kappa shape index (κ2) is 3.05. The highest BCUT2D eigenvalue weighted by Crippen LogP contribution is 2.04. The molecule has 4 N–H and O–H groups in total. The molecule has 7 nitrogen and oxygen atoms in total. The fourth-order valence-electron chi connectivity index (χ4n) is 1.18. The van der Waals surface area contributed by atoms with Gasteiger partial charge >= 0.3 is 5.97 Å². The summed E-state index contributed by atoms with van der Waals surface area (Å²) in [6, 6.07) is 0. The standard InChI is InChI=1S/C8H6N4O3/c9-8-11-1-3-5(13)4(7(14)15)2-10-6(3)12-8/h1-2H,(H,14,15)(H3,9,10,11,12,13). The SMILES string of the molecule is Nc1ncc2c(=O)c(C(=O)O)c[nH]c2n1. The summed E-state index contributed by atoms with van der Waals surface area (Å²) in [6.45, 7) is 0. The minimum atomic E-state index is -1.30. The first-order valence-electron chi connectivity index (χ1n) is 3.97. The molecule has 0 atom stereocenters. The van der Waals surface area contributed by atoms with E-state index in [1.807, 2.05) is 0 Å². The highest BCUT2D eigenvalue weighted by atomic mass is 16.4. The number of anilines is 1. The molecule has 0 aliphatic rings. The maximum Gasteiger partial charge on any atom is 0.341 e. The van der Waals surface area contributed by atoms with Gasteiger partial charge in [-0.25, -0.2) is 9.78 Å². The van der Waals surface area contributed by atoms with E-state index in [0.29, 0.717) is 0 Å². The molecule has 0 saturated heterocycles. The maximum absolute atomic E-state index is 11.6. The number of carboxylic acid groups (broad SMARTS) is 1. The van der Waals surface area contributed by atoms with Crippen molar-refractivity contribution in [3.8, 4) is 0 Å². The van der Waals surface area contributed by atoms with Crippen molar-refractivity contribution in [2.75, 3.05) is 5.73 Å². The van der Waals surface area contributed by atoms with Crippen LogP contribution in [0.4, 0.5) is 5.95 Å². The smallest absolute Gasteiger partial charge is 0.341 e. The molecule has 0 aliphatic heterocycles. The third-order valence-corrected chi connectivity index (χ3v) is 1.88. The van der Waals surface area contributed by atoms with E-state index < -0.39 is 11.4 Å². The number of fused-ring (bicyclic) bond motifs is 1. The summed E-state index contributed by atoms with van der Waals surface area (Å²) in [5, 5.41) is 8.80. The second-order valence-corrected chi connectivity index (χ2v) is 2.83. The van der Waals surface area contributed by atoms with Crippen LogP contribution < -0.4 is 11.2 Å². The Morgan fingerprint density at radius 2 is 2.27 bits per heavy atom. The van der Waals surface area contributed by atoms with E-state index in [2.05, 4.69) is 15.0 Å². The Balaban J connectivity index is 2.86. The zero-order chi connectivity index (χ0) is 11.0. The van der Waals surface area contributed by atoms with Crippen molar-refractivity contribution in [2.24, 2.45) is 0 Å². The number of aromatic amines is 1. The van der Waals surface area contributed by atoms with Crippen molar-refractivity contribution in [3.05, 3.63) is 28.2 Å². The summed E-state index contributed by atoms with van der Waals surface area (Å²) >= 11 is 0. The predicted octanol–water partition coefficient (Wildman–Crippen LogP) is -0.402. The van der Waals surface area contributed by atoms with Crippen molar-refractivity contribution in [2.45, 2.75) is 0 Å². The van der Waals surface area contributed by atoms with Gasteiger partial charge in [-0.05, 0) is 0 Å². The normalized spacial score (nSPS) is 10.4. The van der Waals surface area contributed by atoms with Crippen LogP contribution >= 0.6 is 0 Å². The van der Waals surface area contributed by atoms with Gasteiger partial charge in [0.05, 0.1) is 5.39 Å². The topological polar surface area (TPSA) is 122 Å². The summed E-state index contributed by atoms with van der Waals surface area (Å²) in [5.74, 6) is -1.28. The lowest BCUT2D eigenvalue weighted by Crippen LogP contribution is -2.16. The number of carboxylic acids is 1. The number of pyridine rings is 1. The molecule has 0 unspecified atom stereocenters. The van der Waals surface area contributed by atoms with Gasteiger partial charge in [0.15, 0.2) is 0 Å². The Morgan fingerprint density at radius 1 is 1.53 bits per heavy atom. The van der Waals surface area contributed by atoms with Crippen molar-refractivity contribution < 1.29 is 9.90 Å².